The predicted octanol–water partition coefficient (Wildman–Crippen LogP) is 7.24. The van der Waals surface area contributed by atoms with E-state index in [4.69, 9.17) is 0 Å². The van der Waals surface area contributed by atoms with Gasteiger partial charge in [0.2, 0.25) is 0 Å². The van der Waals surface area contributed by atoms with E-state index < -0.39 is 5.60 Å². The molecule has 0 radical (unpaired) electrons. The summed E-state index contributed by atoms with van der Waals surface area (Å²) in [6, 6.07) is 35.9. The van der Waals surface area contributed by atoms with Crippen LogP contribution in [0.1, 0.15) is 22.3 Å². The number of benzene rings is 6. The minimum Gasteiger partial charge on any atom is -0.378 e. The van der Waals surface area contributed by atoms with Gasteiger partial charge in [0.1, 0.15) is 5.60 Å². The van der Waals surface area contributed by atoms with Crippen molar-refractivity contribution in [1.82, 2.24) is 0 Å². The molecule has 0 aliphatic carbocycles. The van der Waals surface area contributed by atoms with Crippen molar-refractivity contribution < 1.29 is 5.11 Å². The number of aliphatic hydroxyl groups is 1. The number of rotatable bonds is 4. The van der Waals surface area contributed by atoms with Crippen LogP contribution in [-0.2, 0) is 5.60 Å². The number of hydrogen-bond acceptors (Lipinski definition) is 2. The highest BCUT2D eigenvalue weighted by molar-refractivity contribution is 6.23. The van der Waals surface area contributed by atoms with E-state index in [1.807, 2.05) is 38.4 Å². The summed E-state index contributed by atoms with van der Waals surface area (Å²) in [5.41, 5.74) is 3.61. The van der Waals surface area contributed by atoms with Gasteiger partial charge in [-0.1, -0.05) is 96.6 Å². The van der Waals surface area contributed by atoms with Crippen molar-refractivity contribution in [1.29, 1.82) is 0 Å². The molecule has 0 amide bonds. The van der Waals surface area contributed by atoms with Crippen LogP contribution >= 0.6 is 0 Å². The van der Waals surface area contributed by atoms with Crippen LogP contribution in [0.3, 0.4) is 0 Å². The summed E-state index contributed by atoms with van der Waals surface area (Å²) < 4.78 is 0. The van der Waals surface area contributed by atoms with Crippen LogP contribution in [0.2, 0.25) is 0 Å². The minimum atomic E-state index is -1.29. The van der Waals surface area contributed by atoms with Gasteiger partial charge in [0.15, 0.2) is 0 Å². The molecule has 0 bridgehead atoms. The predicted molar refractivity (Wildman–Crippen MR) is 144 cm³/mol. The maximum Gasteiger partial charge on any atom is 0.141 e. The summed E-state index contributed by atoms with van der Waals surface area (Å²) in [7, 11) is 4.06. The summed E-state index contributed by atoms with van der Waals surface area (Å²) in [5, 5.41) is 19.9. The topological polar surface area (TPSA) is 23.5 Å². The molecule has 1 atom stereocenters. The number of hydrogen-bond donors (Lipinski definition) is 1. The lowest BCUT2D eigenvalue weighted by atomic mass is 9.77. The second-order valence-corrected chi connectivity index (χ2v) is 9.49. The number of anilines is 1. The second kappa shape index (κ2) is 7.58. The quantitative estimate of drug-likeness (QED) is 0.230. The van der Waals surface area contributed by atoms with Gasteiger partial charge in [-0.25, -0.2) is 0 Å². The first-order chi connectivity index (χ1) is 16.5. The average molecular weight is 442 g/mol. The third-order valence-corrected chi connectivity index (χ3v) is 7.19. The standard InChI is InChI=1S/C32H27NO/c1-21-7-13-25(14-8-21)32(34,26-15-17-27(18-16-26)33(2)3)29-20-12-24-10-9-22-5-4-6-23-11-19-28(29)31(24)30(22)23/h4-20,34H,1-3H3. The Morgan fingerprint density at radius 1 is 0.588 bits per heavy atom. The first kappa shape index (κ1) is 20.7. The van der Waals surface area contributed by atoms with Crippen LogP contribution in [0.5, 0.6) is 0 Å². The molecule has 0 spiro atoms. The maximum atomic E-state index is 12.7. The van der Waals surface area contributed by atoms with Crippen molar-refractivity contribution in [3.63, 3.8) is 0 Å². The van der Waals surface area contributed by atoms with E-state index in [0.717, 1.165) is 27.8 Å². The Labute approximate surface area is 200 Å². The van der Waals surface area contributed by atoms with E-state index in [2.05, 4.69) is 90.7 Å². The highest BCUT2D eigenvalue weighted by Gasteiger charge is 2.35. The van der Waals surface area contributed by atoms with Crippen LogP contribution in [0, 0.1) is 6.92 Å². The Morgan fingerprint density at radius 3 is 1.74 bits per heavy atom. The number of nitrogens with zero attached hydrogens (tertiary/aromatic N) is 1. The van der Waals surface area contributed by atoms with Gasteiger partial charge in [-0.15, -0.1) is 0 Å². The van der Waals surface area contributed by atoms with E-state index in [-0.39, 0.29) is 0 Å². The van der Waals surface area contributed by atoms with Gasteiger partial charge in [-0.3, -0.25) is 0 Å². The first-order valence-electron chi connectivity index (χ1n) is 11.7. The third kappa shape index (κ3) is 2.99. The molecule has 6 aromatic carbocycles. The van der Waals surface area contributed by atoms with Crippen LogP contribution in [0.15, 0.2) is 103 Å². The zero-order chi connectivity index (χ0) is 23.4. The minimum absolute atomic E-state index is 0.858. The monoisotopic (exact) mass is 441 g/mol. The van der Waals surface area contributed by atoms with Gasteiger partial charge in [-0.2, -0.15) is 0 Å². The van der Waals surface area contributed by atoms with Gasteiger partial charge < -0.3 is 10.0 Å². The van der Waals surface area contributed by atoms with E-state index in [1.54, 1.807) is 0 Å². The van der Waals surface area contributed by atoms with Crippen molar-refractivity contribution in [2.24, 2.45) is 0 Å². The Balaban J connectivity index is 1.70. The zero-order valence-corrected chi connectivity index (χ0v) is 19.7. The molecule has 1 unspecified atom stereocenters. The molecule has 6 rings (SSSR count). The highest BCUT2D eigenvalue weighted by Crippen LogP contribution is 2.44. The molecule has 0 aliphatic heterocycles. The first-order valence-corrected chi connectivity index (χ1v) is 11.7. The lowest BCUT2D eigenvalue weighted by Crippen LogP contribution is -2.29. The van der Waals surface area contributed by atoms with Gasteiger partial charge in [-0.05, 0) is 62.5 Å². The van der Waals surface area contributed by atoms with Crippen molar-refractivity contribution in [2.75, 3.05) is 19.0 Å². The molecule has 0 saturated heterocycles. The normalized spacial score (nSPS) is 13.5. The average Bonchev–Trinajstić information content (AvgIpc) is 2.87. The fraction of sp³-hybridized carbons (Fsp3) is 0.125. The molecule has 0 heterocycles. The van der Waals surface area contributed by atoms with Gasteiger partial charge in [0.05, 0.1) is 0 Å². The zero-order valence-electron chi connectivity index (χ0n) is 19.7. The molecular formula is C32H27NO. The van der Waals surface area contributed by atoms with E-state index >= 15 is 0 Å². The molecular weight excluding hydrogens is 414 g/mol. The highest BCUT2D eigenvalue weighted by atomic mass is 16.3. The van der Waals surface area contributed by atoms with Crippen LogP contribution in [0.25, 0.3) is 32.3 Å². The van der Waals surface area contributed by atoms with E-state index in [9.17, 15) is 5.11 Å². The Kier molecular flexibility index (Phi) is 4.62. The Morgan fingerprint density at radius 2 is 1.12 bits per heavy atom. The van der Waals surface area contributed by atoms with Gasteiger partial charge in [0, 0.05) is 25.3 Å². The smallest absolute Gasteiger partial charge is 0.141 e. The third-order valence-electron chi connectivity index (χ3n) is 7.19. The van der Waals surface area contributed by atoms with Crippen LogP contribution < -0.4 is 4.90 Å². The summed E-state index contributed by atoms with van der Waals surface area (Å²) >= 11 is 0. The SMILES string of the molecule is Cc1ccc(C(O)(c2ccc(N(C)C)cc2)c2ccc3ccc4cccc5ccc2c3c45)cc1. The lowest BCUT2D eigenvalue weighted by Gasteiger charge is -2.32. The molecule has 2 nitrogen and oxygen atoms in total. The summed E-state index contributed by atoms with van der Waals surface area (Å²) in [6.07, 6.45) is 0. The van der Waals surface area contributed by atoms with E-state index in [0.29, 0.717) is 0 Å². The van der Waals surface area contributed by atoms with Crippen molar-refractivity contribution in [2.45, 2.75) is 12.5 Å². The molecule has 6 aromatic rings. The Bertz CT molecular complexity index is 1620. The van der Waals surface area contributed by atoms with Crippen molar-refractivity contribution in [3.8, 4) is 0 Å². The number of aryl methyl sites for hydroxylation is 1. The summed E-state index contributed by atoms with van der Waals surface area (Å²) in [4.78, 5) is 2.07. The molecule has 1 N–H and O–H groups in total. The fourth-order valence-corrected chi connectivity index (χ4v) is 5.32. The molecule has 34 heavy (non-hydrogen) atoms. The fourth-order valence-electron chi connectivity index (χ4n) is 5.32. The maximum absolute atomic E-state index is 12.7. The van der Waals surface area contributed by atoms with Crippen LogP contribution in [0.4, 0.5) is 5.69 Å². The van der Waals surface area contributed by atoms with Crippen LogP contribution in [-0.4, -0.2) is 19.2 Å². The molecule has 0 fully saturated rings. The van der Waals surface area contributed by atoms with E-state index in [1.165, 1.54) is 32.5 Å². The molecule has 0 saturated carbocycles. The molecule has 166 valence electrons. The van der Waals surface area contributed by atoms with Crippen molar-refractivity contribution in [3.05, 3.63) is 125 Å². The second-order valence-electron chi connectivity index (χ2n) is 9.49. The molecule has 0 aliphatic rings. The summed E-state index contributed by atoms with van der Waals surface area (Å²) in [6.45, 7) is 2.07. The van der Waals surface area contributed by atoms with Gasteiger partial charge >= 0.3 is 0 Å². The largest absolute Gasteiger partial charge is 0.378 e. The summed E-state index contributed by atoms with van der Waals surface area (Å²) in [5.74, 6) is 0. The molecule has 2 heteroatoms. The molecule has 0 aromatic heterocycles. The Hall–Kier alpha value is -3.88. The van der Waals surface area contributed by atoms with Crippen molar-refractivity contribution >= 4 is 38.0 Å². The lowest BCUT2D eigenvalue weighted by molar-refractivity contribution is 0.127. The van der Waals surface area contributed by atoms with Gasteiger partial charge in [0.25, 0.3) is 0 Å².